The van der Waals surface area contributed by atoms with Gasteiger partial charge >= 0.3 is 5.76 Å². The highest BCUT2D eigenvalue weighted by atomic mass is 32.2. The molecule has 0 amide bonds. The van der Waals surface area contributed by atoms with E-state index in [9.17, 15) is 13.2 Å². The molecular weight excluding hydrogens is 414 g/mol. The molecule has 1 fully saturated rings. The van der Waals surface area contributed by atoms with Gasteiger partial charge in [-0.15, -0.1) is 0 Å². The number of piperidine rings is 1. The van der Waals surface area contributed by atoms with Gasteiger partial charge in [0, 0.05) is 19.6 Å². The number of benzene rings is 2. The summed E-state index contributed by atoms with van der Waals surface area (Å²) in [6.07, 6.45) is 2.90. The molecule has 7 nitrogen and oxygen atoms in total. The molecule has 1 aliphatic heterocycles. The molecule has 0 aliphatic carbocycles. The maximum absolute atomic E-state index is 12.5. The molecule has 4 rings (SSSR count). The number of fused-ring (bicyclic) bond motifs is 1. The Hall–Kier alpha value is -2.42. The highest BCUT2D eigenvalue weighted by Crippen LogP contribution is 2.18. The van der Waals surface area contributed by atoms with Crippen LogP contribution in [0.5, 0.6) is 0 Å². The van der Waals surface area contributed by atoms with Crippen LogP contribution in [0.1, 0.15) is 24.8 Å². The third-order valence-corrected chi connectivity index (χ3v) is 7.37. The maximum Gasteiger partial charge on any atom is 0.419 e. The predicted molar refractivity (Wildman–Crippen MR) is 121 cm³/mol. The largest absolute Gasteiger partial charge is 0.419 e. The van der Waals surface area contributed by atoms with Crippen LogP contribution in [0.15, 0.2) is 62.6 Å². The van der Waals surface area contributed by atoms with Crippen molar-refractivity contribution in [2.45, 2.75) is 37.6 Å². The number of nitrogens with zero attached hydrogens (tertiary/aromatic N) is 2. The van der Waals surface area contributed by atoms with Crippen molar-refractivity contribution in [2.24, 2.45) is 5.92 Å². The van der Waals surface area contributed by atoms with Crippen molar-refractivity contribution in [3.05, 3.63) is 64.6 Å². The molecule has 2 heterocycles. The van der Waals surface area contributed by atoms with Gasteiger partial charge in [-0.25, -0.2) is 17.9 Å². The fourth-order valence-electron chi connectivity index (χ4n) is 4.23. The molecule has 0 saturated carbocycles. The van der Waals surface area contributed by atoms with Gasteiger partial charge in [-0.2, -0.15) is 0 Å². The second-order valence-corrected chi connectivity index (χ2v) is 10.1. The van der Waals surface area contributed by atoms with E-state index >= 15 is 0 Å². The molecule has 0 bridgehead atoms. The number of oxazole rings is 1. The number of aromatic nitrogens is 1. The molecule has 0 spiro atoms. The Labute approximate surface area is 182 Å². The molecule has 8 heteroatoms. The highest BCUT2D eigenvalue weighted by Gasteiger charge is 2.22. The SMILES string of the molecule is Cc1ccc(S(=O)(=O)NCC2CCCN(CCCn3c(=O)oc4ccccc43)C2)cc1. The summed E-state index contributed by atoms with van der Waals surface area (Å²) in [7, 11) is -3.48. The van der Waals surface area contributed by atoms with Gasteiger partial charge in [0.2, 0.25) is 10.0 Å². The zero-order valence-corrected chi connectivity index (χ0v) is 18.6. The monoisotopic (exact) mass is 443 g/mol. The average Bonchev–Trinajstić information content (AvgIpc) is 3.08. The maximum atomic E-state index is 12.5. The molecule has 1 saturated heterocycles. The summed E-state index contributed by atoms with van der Waals surface area (Å²) in [5, 5.41) is 0. The van der Waals surface area contributed by atoms with Gasteiger partial charge in [0.1, 0.15) is 0 Å². The van der Waals surface area contributed by atoms with E-state index in [1.165, 1.54) is 0 Å². The molecule has 1 aliphatic rings. The van der Waals surface area contributed by atoms with Gasteiger partial charge in [-0.1, -0.05) is 29.8 Å². The van der Waals surface area contributed by atoms with Crippen LogP contribution in [-0.4, -0.2) is 44.1 Å². The van der Waals surface area contributed by atoms with Gasteiger partial charge in [-0.05, 0) is 69.5 Å². The van der Waals surface area contributed by atoms with E-state index in [0.29, 0.717) is 23.6 Å². The van der Waals surface area contributed by atoms with Crippen molar-refractivity contribution in [3.8, 4) is 0 Å². The van der Waals surface area contributed by atoms with Crippen LogP contribution in [0.4, 0.5) is 0 Å². The third kappa shape index (κ3) is 5.26. The van der Waals surface area contributed by atoms with E-state index in [0.717, 1.165) is 50.0 Å². The zero-order chi connectivity index (χ0) is 21.8. The Kier molecular flexibility index (Phi) is 6.60. The van der Waals surface area contributed by atoms with Crippen molar-refractivity contribution < 1.29 is 12.8 Å². The Morgan fingerprint density at radius 2 is 1.87 bits per heavy atom. The molecule has 1 aromatic heterocycles. The summed E-state index contributed by atoms with van der Waals surface area (Å²) in [6.45, 7) is 5.72. The lowest BCUT2D eigenvalue weighted by Crippen LogP contribution is -2.41. The summed E-state index contributed by atoms with van der Waals surface area (Å²) in [4.78, 5) is 14.8. The molecule has 31 heavy (non-hydrogen) atoms. The van der Waals surface area contributed by atoms with Crippen molar-refractivity contribution in [2.75, 3.05) is 26.2 Å². The number of rotatable bonds is 8. The van der Waals surface area contributed by atoms with Crippen LogP contribution in [0.3, 0.4) is 0 Å². The lowest BCUT2D eigenvalue weighted by molar-refractivity contribution is 0.172. The van der Waals surface area contributed by atoms with Crippen LogP contribution < -0.4 is 10.5 Å². The van der Waals surface area contributed by atoms with Crippen LogP contribution in [0.2, 0.25) is 0 Å². The average molecular weight is 444 g/mol. The summed E-state index contributed by atoms with van der Waals surface area (Å²) in [6, 6.07) is 14.4. The minimum absolute atomic E-state index is 0.284. The van der Waals surface area contributed by atoms with E-state index in [4.69, 9.17) is 4.42 Å². The number of aryl methyl sites for hydroxylation is 2. The van der Waals surface area contributed by atoms with E-state index in [2.05, 4.69) is 9.62 Å². The Morgan fingerprint density at radius 3 is 2.68 bits per heavy atom. The van der Waals surface area contributed by atoms with Gasteiger partial charge in [-0.3, -0.25) is 4.57 Å². The number of para-hydroxylation sites is 2. The minimum Gasteiger partial charge on any atom is -0.408 e. The van der Waals surface area contributed by atoms with Crippen molar-refractivity contribution in [3.63, 3.8) is 0 Å². The summed E-state index contributed by atoms with van der Waals surface area (Å²) in [5.74, 6) is -0.0327. The Balaban J connectivity index is 1.28. The van der Waals surface area contributed by atoms with Crippen LogP contribution in [0, 0.1) is 12.8 Å². The molecular formula is C23H29N3O4S. The summed E-state index contributed by atoms with van der Waals surface area (Å²) < 4.78 is 34.8. The van der Waals surface area contributed by atoms with E-state index in [1.807, 2.05) is 37.3 Å². The lowest BCUT2D eigenvalue weighted by Gasteiger charge is -2.32. The first-order chi connectivity index (χ1) is 14.9. The van der Waals surface area contributed by atoms with E-state index < -0.39 is 10.0 Å². The van der Waals surface area contributed by atoms with Gasteiger partial charge in [0.05, 0.1) is 10.4 Å². The molecule has 3 aromatic rings. The quantitative estimate of drug-likeness (QED) is 0.579. The molecule has 2 aromatic carbocycles. The van der Waals surface area contributed by atoms with Crippen LogP contribution in [-0.2, 0) is 16.6 Å². The standard InChI is InChI=1S/C23H29N3O4S/c1-18-9-11-20(12-10-18)31(28,29)24-16-19-6-4-13-25(17-19)14-5-15-26-21-7-2-3-8-22(21)30-23(26)27/h2-3,7-12,19,24H,4-6,13-17H2,1H3. The van der Waals surface area contributed by atoms with E-state index in [1.54, 1.807) is 22.8 Å². The van der Waals surface area contributed by atoms with Gasteiger partial charge < -0.3 is 9.32 Å². The number of sulfonamides is 1. The smallest absolute Gasteiger partial charge is 0.408 e. The predicted octanol–water partition coefficient (Wildman–Crippen LogP) is 2.98. The van der Waals surface area contributed by atoms with E-state index in [-0.39, 0.29) is 11.7 Å². The third-order valence-electron chi connectivity index (χ3n) is 5.93. The summed E-state index contributed by atoms with van der Waals surface area (Å²) >= 11 is 0. The normalized spacial score (nSPS) is 17.9. The lowest BCUT2D eigenvalue weighted by atomic mass is 9.98. The number of nitrogens with one attached hydrogen (secondary N) is 1. The topological polar surface area (TPSA) is 84.5 Å². The number of likely N-dealkylation sites (tertiary alicyclic amines) is 1. The first-order valence-electron chi connectivity index (χ1n) is 10.8. The second kappa shape index (κ2) is 9.38. The van der Waals surface area contributed by atoms with Crippen molar-refractivity contribution >= 4 is 21.1 Å². The molecule has 1 unspecified atom stereocenters. The fraction of sp³-hybridized carbons (Fsp3) is 0.435. The second-order valence-electron chi connectivity index (χ2n) is 8.31. The minimum atomic E-state index is -3.48. The van der Waals surface area contributed by atoms with Crippen molar-refractivity contribution in [1.29, 1.82) is 0 Å². The summed E-state index contributed by atoms with van der Waals surface area (Å²) in [5.41, 5.74) is 2.48. The fourth-order valence-corrected chi connectivity index (χ4v) is 5.34. The number of hydrogen-bond donors (Lipinski definition) is 1. The first kappa shape index (κ1) is 21.8. The molecule has 1 N–H and O–H groups in total. The Bertz CT molecular complexity index is 1180. The first-order valence-corrected chi connectivity index (χ1v) is 12.3. The Morgan fingerprint density at radius 1 is 1.10 bits per heavy atom. The molecule has 0 radical (unpaired) electrons. The number of hydrogen-bond acceptors (Lipinski definition) is 5. The van der Waals surface area contributed by atoms with Crippen LogP contribution in [0.25, 0.3) is 11.1 Å². The van der Waals surface area contributed by atoms with Crippen LogP contribution >= 0.6 is 0 Å². The van der Waals surface area contributed by atoms with Gasteiger partial charge in [0.25, 0.3) is 0 Å². The zero-order valence-electron chi connectivity index (χ0n) is 17.8. The molecule has 166 valence electrons. The molecule has 1 atom stereocenters. The van der Waals surface area contributed by atoms with Crippen molar-refractivity contribution in [1.82, 2.24) is 14.2 Å². The highest BCUT2D eigenvalue weighted by molar-refractivity contribution is 7.89. The van der Waals surface area contributed by atoms with Gasteiger partial charge in [0.15, 0.2) is 5.58 Å².